The molecular formula is C16H22I2O3. The van der Waals surface area contributed by atoms with E-state index in [9.17, 15) is 5.11 Å². The molecule has 1 aromatic rings. The van der Waals surface area contributed by atoms with Gasteiger partial charge in [-0.15, -0.1) is 0 Å². The predicted molar refractivity (Wildman–Crippen MR) is 103 cm³/mol. The van der Waals surface area contributed by atoms with Gasteiger partial charge in [0.1, 0.15) is 6.79 Å². The molecule has 0 spiro atoms. The Hall–Kier alpha value is 0.300. The third-order valence-electron chi connectivity index (χ3n) is 2.82. The summed E-state index contributed by atoms with van der Waals surface area (Å²) in [6, 6.07) is 10.1. The molecule has 0 aromatic heterocycles. The van der Waals surface area contributed by atoms with Gasteiger partial charge in [-0.2, -0.15) is 0 Å². The van der Waals surface area contributed by atoms with Gasteiger partial charge in [0.05, 0.1) is 12.7 Å². The number of hydrogen-bond donors (Lipinski definition) is 1. The van der Waals surface area contributed by atoms with Gasteiger partial charge < -0.3 is 14.6 Å². The third-order valence-corrected chi connectivity index (χ3v) is 5.84. The largest absolute Gasteiger partial charge is 0.389 e. The molecule has 0 saturated heterocycles. The van der Waals surface area contributed by atoms with Crippen LogP contribution in [-0.4, -0.2) is 29.0 Å². The summed E-state index contributed by atoms with van der Waals surface area (Å²) in [4.78, 5) is 0. The first kappa shape index (κ1) is 19.3. The molecule has 0 heterocycles. The van der Waals surface area contributed by atoms with Crippen molar-refractivity contribution in [2.45, 2.75) is 32.0 Å². The van der Waals surface area contributed by atoms with Crippen molar-refractivity contribution >= 4 is 45.2 Å². The van der Waals surface area contributed by atoms with E-state index in [1.54, 1.807) is 0 Å². The Balaban J connectivity index is 1.93. The van der Waals surface area contributed by atoms with Crippen molar-refractivity contribution in [3.8, 4) is 0 Å². The smallest absolute Gasteiger partial charge is 0.147 e. The van der Waals surface area contributed by atoms with Crippen LogP contribution in [0.25, 0.3) is 0 Å². The van der Waals surface area contributed by atoms with E-state index in [0.717, 1.165) is 29.3 Å². The number of aliphatic hydroxyl groups excluding tert-OH is 1. The summed E-state index contributed by atoms with van der Waals surface area (Å²) in [5, 5.41) is 9.77. The maximum absolute atomic E-state index is 9.77. The zero-order chi connectivity index (χ0) is 15.3. The Morgan fingerprint density at radius 2 is 1.95 bits per heavy atom. The molecule has 3 nitrogen and oxygen atoms in total. The van der Waals surface area contributed by atoms with Gasteiger partial charge in [-0.3, -0.25) is 0 Å². The Labute approximate surface area is 154 Å². The lowest BCUT2D eigenvalue weighted by molar-refractivity contribution is -0.0625. The van der Waals surface area contributed by atoms with Crippen LogP contribution in [0, 0.1) is 0 Å². The molecule has 1 unspecified atom stereocenters. The van der Waals surface area contributed by atoms with Gasteiger partial charge >= 0.3 is 0 Å². The van der Waals surface area contributed by atoms with Crippen LogP contribution >= 0.6 is 45.2 Å². The lowest BCUT2D eigenvalue weighted by atomic mass is 10.1. The number of halogens is 2. The van der Waals surface area contributed by atoms with E-state index in [4.69, 9.17) is 9.47 Å². The number of unbranched alkanes of at least 4 members (excludes halogenated alkanes) is 1. The Morgan fingerprint density at radius 1 is 1.19 bits per heavy atom. The molecule has 1 aromatic carbocycles. The Bertz CT molecular complexity index is 396. The predicted octanol–water partition coefficient (Wildman–Crippen LogP) is 4.46. The van der Waals surface area contributed by atoms with Crippen LogP contribution in [0.2, 0.25) is 0 Å². The highest BCUT2D eigenvalue weighted by molar-refractivity contribution is 14.1. The fraction of sp³-hybridized carbons (Fsp3) is 0.500. The minimum atomic E-state index is -0.332. The van der Waals surface area contributed by atoms with Crippen LogP contribution in [0.15, 0.2) is 40.0 Å². The summed E-state index contributed by atoms with van der Waals surface area (Å²) in [6.07, 6.45) is 4.29. The first-order chi connectivity index (χ1) is 10.2. The van der Waals surface area contributed by atoms with E-state index in [1.807, 2.05) is 36.4 Å². The van der Waals surface area contributed by atoms with E-state index in [0.29, 0.717) is 20.0 Å². The molecule has 0 bridgehead atoms. The van der Waals surface area contributed by atoms with Crippen LogP contribution in [0.3, 0.4) is 0 Å². The standard InChI is InChI=1S/C16H22I2O3/c17-11-15(18)10-16(19)8-4-5-9-20-13-21-12-14-6-2-1-3-7-14/h1-3,6-7,10,16,19H,4-5,8-9,11-13H2/b15-10-. The summed E-state index contributed by atoms with van der Waals surface area (Å²) < 4.78 is 13.0. The van der Waals surface area contributed by atoms with Gasteiger partial charge in [0.2, 0.25) is 0 Å². The number of alkyl halides is 1. The summed E-state index contributed by atoms with van der Waals surface area (Å²) in [7, 11) is 0. The molecule has 118 valence electrons. The normalized spacial score (nSPS) is 13.4. The van der Waals surface area contributed by atoms with Crippen molar-refractivity contribution in [1.29, 1.82) is 0 Å². The lowest BCUT2D eigenvalue weighted by Crippen LogP contribution is -2.05. The first-order valence-electron chi connectivity index (χ1n) is 7.02. The van der Waals surface area contributed by atoms with Gasteiger partial charge in [-0.1, -0.05) is 52.9 Å². The van der Waals surface area contributed by atoms with Crippen molar-refractivity contribution in [3.63, 3.8) is 0 Å². The average Bonchev–Trinajstić information content (AvgIpc) is 2.50. The fourth-order valence-electron chi connectivity index (χ4n) is 1.75. The second-order valence-electron chi connectivity index (χ2n) is 4.67. The van der Waals surface area contributed by atoms with Crippen LogP contribution in [0.1, 0.15) is 24.8 Å². The molecule has 21 heavy (non-hydrogen) atoms. The average molecular weight is 516 g/mol. The topological polar surface area (TPSA) is 38.7 Å². The van der Waals surface area contributed by atoms with Gasteiger partial charge in [0.15, 0.2) is 0 Å². The maximum atomic E-state index is 9.77. The number of hydrogen-bond acceptors (Lipinski definition) is 3. The van der Waals surface area contributed by atoms with Gasteiger partial charge in [-0.25, -0.2) is 0 Å². The number of benzene rings is 1. The van der Waals surface area contributed by atoms with E-state index in [-0.39, 0.29) is 6.10 Å². The first-order valence-corrected chi connectivity index (χ1v) is 9.62. The van der Waals surface area contributed by atoms with E-state index >= 15 is 0 Å². The molecule has 5 heteroatoms. The molecule has 1 atom stereocenters. The molecule has 0 fully saturated rings. The molecule has 1 rings (SSSR count). The molecule has 0 amide bonds. The third kappa shape index (κ3) is 10.6. The van der Waals surface area contributed by atoms with Gasteiger partial charge in [0, 0.05) is 11.0 Å². The van der Waals surface area contributed by atoms with Crippen molar-refractivity contribution in [2.75, 3.05) is 17.8 Å². The number of aliphatic hydroxyl groups is 1. The Kier molecular flexibility index (Phi) is 11.8. The van der Waals surface area contributed by atoms with E-state index in [1.165, 1.54) is 3.58 Å². The maximum Gasteiger partial charge on any atom is 0.147 e. The van der Waals surface area contributed by atoms with Crippen molar-refractivity contribution in [1.82, 2.24) is 0 Å². The number of rotatable bonds is 11. The van der Waals surface area contributed by atoms with Gasteiger partial charge in [-0.05, 0) is 57.1 Å². The summed E-state index contributed by atoms with van der Waals surface area (Å²) >= 11 is 4.56. The Morgan fingerprint density at radius 3 is 2.67 bits per heavy atom. The summed E-state index contributed by atoms with van der Waals surface area (Å²) in [5.74, 6) is 0. The SMILES string of the molecule is OC(/C=C(\I)CI)CCCCOCOCc1ccccc1. The van der Waals surface area contributed by atoms with Crippen LogP contribution in [0.4, 0.5) is 0 Å². The lowest BCUT2D eigenvalue weighted by Gasteiger charge is -2.08. The van der Waals surface area contributed by atoms with Gasteiger partial charge in [0.25, 0.3) is 0 Å². The fourth-order valence-corrected chi connectivity index (χ4v) is 2.42. The zero-order valence-corrected chi connectivity index (χ0v) is 16.3. The summed E-state index contributed by atoms with van der Waals surface area (Å²) in [5.41, 5.74) is 1.15. The highest BCUT2D eigenvalue weighted by Crippen LogP contribution is 2.13. The molecule has 0 aliphatic heterocycles. The second-order valence-corrected chi connectivity index (χ2v) is 6.82. The molecule has 1 N–H and O–H groups in total. The molecule has 0 radical (unpaired) electrons. The molecule has 0 aliphatic rings. The minimum absolute atomic E-state index is 0.323. The summed E-state index contributed by atoms with van der Waals surface area (Å²) in [6.45, 7) is 1.58. The highest BCUT2D eigenvalue weighted by Gasteiger charge is 2.01. The van der Waals surface area contributed by atoms with Crippen molar-refractivity contribution in [3.05, 3.63) is 45.6 Å². The number of allylic oxidation sites excluding steroid dienone is 1. The van der Waals surface area contributed by atoms with Crippen LogP contribution < -0.4 is 0 Å². The number of ether oxygens (including phenoxy) is 2. The molecule has 0 aliphatic carbocycles. The zero-order valence-electron chi connectivity index (χ0n) is 12.0. The van der Waals surface area contributed by atoms with E-state index in [2.05, 4.69) is 45.2 Å². The van der Waals surface area contributed by atoms with Crippen LogP contribution in [-0.2, 0) is 16.1 Å². The highest BCUT2D eigenvalue weighted by atomic mass is 127. The van der Waals surface area contributed by atoms with Crippen molar-refractivity contribution in [2.24, 2.45) is 0 Å². The molecule has 0 saturated carbocycles. The van der Waals surface area contributed by atoms with Crippen molar-refractivity contribution < 1.29 is 14.6 Å². The van der Waals surface area contributed by atoms with Crippen LogP contribution in [0.5, 0.6) is 0 Å². The quantitative estimate of drug-likeness (QED) is 0.205. The van der Waals surface area contributed by atoms with E-state index < -0.39 is 0 Å². The second kappa shape index (κ2) is 12.8. The monoisotopic (exact) mass is 516 g/mol. The minimum Gasteiger partial charge on any atom is -0.389 e. The molecular weight excluding hydrogens is 494 g/mol.